The second-order valence-electron chi connectivity index (χ2n) is 5.10. The lowest BCUT2D eigenvalue weighted by Gasteiger charge is -2.26. The zero-order valence-electron chi connectivity index (χ0n) is 10.9. The highest BCUT2D eigenvalue weighted by atomic mass is 32.1. The summed E-state index contributed by atoms with van der Waals surface area (Å²) in [6.45, 7) is 3.37. The molecular formula is C12H15N5OS2. The third kappa shape index (κ3) is 2.27. The first-order valence-electron chi connectivity index (χ1n) is 6.80. The molecule has 2 fully saturated rings. The molecule has 0 atom stereocenters. The highest BCUT2D eigenvalue weighted by Gasteiger charge is 2.32. The Morgan fingerprint density at radius 2 is 2.00 bits per heavy atom. The molecule has 1 aliphatic carbocycles. The summed E-state index contributed by atoms with van der Waals surface area (Å²) in [6, 6.07) is 0. The maximum Gasteiger partial charge on any atom is 0.213 e. The van der Waals surface area contributed by atoms with E-state index in [0.717, 1.165) is 42.1 Å². The predicted octanol–water partition coefficient (Wildman–Crippen LogP) is 2.30. The van der Waals surface area contributed by atoms with Crippen LogP contribution in [0.4, 0.5) is 5.13 Å². The Morgan fingerprint density at radius 1 is 1.20 bits per heavy atom. The van der Waals surface area contributed by atoms with Crippen LogP contribution in [0.15, 0.2) is 0 Å². The fraction of sp³-hybridized carbons (Fsp3) is 0.583. The standard InChI is InChI=1S/C12H15N5OS2/c19-11-14-10(15-16-11)9-8(7-1-2-7)13-12(20-9)17-3-5-18-6-4-17/h7H,1-6H2,(H2,14,15,16,19). The smallest absolute Gasteiger partial charge is 0.213 e. The molecule has 6 nitrogen and oxygen atoms in total. The minimum Gasteiger partial charge on any atom is -0.378 e. The molecule has 1 saturated heterocycles. The first-order chi connectivity index (χ1) is 9.81. The molecule has 2 aromatic heterocycles. The van der Waals surface area contributed by atoms with E-state index in [9.17, 15) is 0 Å². The van der Waals surface area contributed by atoms with Crippen molar-refractivity contribution in [2.75, 3.05) is 31.2 Å². The number of thiazole rings is 1. The molecule has 2 aromatic rings. The molecule has 0 radical (unpaired) electrons. The van der Waals surface area contributed by atoms with Crippen LogP contribution in [0.3, 0.4) is 0 Å². The van der Waals surface area contributed by atoms with E-state index in [0.29, 0.717) is 10.7 Å². The Hall–Kier alpha value is -1.25. The average Bonchev–Trinajstić information content (AvgIpc) is 3.08. The lowest BCUT2D eigenvalue weighted by molar-refractivity contribution is 0.122. The normalized spacial score (nSPS) is 19.5. The SMILES string of the molecule is S=c1nc(-c2sc(N3CCOCC3)nc2C2CC2)[nH][nH]1. The zero-order valence-corrected chi connectivity index (χ0v) is 12.5. The van der Waals surface area contributed by atoms with E-state index in [1.54, 1.807) is 11.3 Å². The Morgan fingerprint density at radius 3 is 2.65 bits per heavy atom. The number of rotatable bonds is 3. The number of aromatic nitrogens is 4. The molecule has 2 aliphatic rings. The summed E-state index contributed by atoms with van der Waals surface area (Å²) in [5, 5.41) is 6.99. The van der Waals surface area contributed by atoms with Gasteiger partial charge in [-0.2, -0.15) is 4.98 Å². The Balaban J connectivity index is 1.73. The minimum atomic E-state index is 0.489. The molecule has 0 spiro atoms. The predicted molar refractivity (Wildman–Crippen MR) is 79.9 cm³/mol. The van der Waals surface area contributed by atoms with Gasteiger partial charge >= 0.3 is 0 Å². The summed E-state index contributed by atoms with van der Waals surface area (Å²) >= 11 is 6.75. The van der Waals surface area contributed by atoms with Crippen LogP contribution in [0.25, 0.3) is 10.7 Å². The van der Waals surface area contributed by atoms with E-state index in [1.165, 1.54) is 18.5 Å². The van der Waals surface area contributed by atoms with E-state index < -0.39 is 0 Å². The molecule has 8 heteroatoms. The van der Waals surface area contributed by atoms with E-state index in [-0.39, 0.29) is 0 Å². The van der Waals surface area contributed by atoms with Gasteiger partial charge in [0.1, 0.15) is 0 Å². The summed E-state index contributed by atoms with van der Waals surface area (Å²) in [5.74, 6) is 1.41. The van der Waals surface area contributed by atoms with E-state index in [1.807, 2.05) is 0 Å². The Bertz CT molecular complexity index is 665. The number of ether oxygens (including phenoxy) is 1. The van der Waals surface area contributed by atoms with Gasteiger partial charge < -0.3 is 9.64 Å². The summed E-state index contributed by atoms with van der Waals surface area (Å²) in [6.07, 6.45) is 2.45. The van der Waals surface area contributed by atoms with E-state index in [4.69, 9.17) is 21.9 Å². The summed E-state index contributed by atoms with van der Waals surface area (Å²) < 4.78 is 5.89. The second kappa shape index (κ2) is 4.94. The quantitative estimate of drug-likeness (QED) is 0.852. The first kappa shape index (κ1) is 12.5. The van der Waals surface area contributed by atoms with Crippen molar-refractivity contribution < 1.29 is 4.74 Å². The monoisotopic (exact) mass is 309 g/mol. The first-order valence-corrected chi connectivity index (χ1v) is 8.02. The van der Waals surface area contributed by atoms with E-state index in [2.05, 4.69) is 20.1 Å². The molecule has 20 heavy (non-hydrogen) atoms. The summed E-state index contributed by atoms with van der Waals surface area (Å²) in [4.78, 5) is 12.6. The molecule has 4 rings (SSSR count). The van der Waals surface area contributed by atoms with Crippen LogP contribution >= 0.6 is 23.6 Å². The maximum absolute atomic E-state index is 5.40. The molecule has 0 aromatic carbocycles. The minimum absolute atomic E-state index is 0.489. The fourth-order valence-corrected chi connectivity index (χ4v) is 3.68. The van der Waals surface area contributed by atoms with Crippen molar-refractivity contribution in [2.24, 2.45) is 0 Å². The van der Waals surface area contributed by atoms with Crippen LogP contribution in [0, 0.1) is 4.77 Å². The largest absolute Gasteiger partial charge is 0.378 e. The molecular weight excluding hydrogens is 294 g/mol. The van der Waals surface area contributed by atoms with Gasteiger partial charge in [-0.05, 0) is 25.1 Å². The van der Waals surface area contributed by atoms with Crippen LogP contribution in [0.5, 0.6) is 0 Å². The molecule has 0 bridgehead atoms. The number of nitrogens with zero attached hydrogens (tertiary/aromatic N) is 3. The zero-order chi connectivity index (χ0) is 13.5. The number of hydrogen-bond acceptors (Lipinski definition) is 6. The number of morpholine rings is 1. The molecule has 1 aliphatic heterocycles. The van der Waals surface area contributed by atoms with Crippen molar-refractivity contribution >= 4 is 28.7 Å². The molecule has 0 unspecified atom stereocenters. The van der Waals surface area contributed by atoms with Gasteiger partial charge in [-0.1, -0.05) is 11.3 Å². The van der Waals surface area contributed by atoms with Gasteiger partial charge in [0, 0.05) is 19.0 Å². The molecule has 106 valence electrons. The number of hydrogen-bond donors (Lipinski definition) is 2. The van der Waals surface area contributed by atoms with Crippen LogP contribution < -0.4 is 4.90 Å². The number of anilines is 1. The second-order valence-corrected chi connectivity index (χ2v) is 6.46. The van der Waals surface area contributed by atoms with Gasteiger partial charge in [-0.25, -0.2) is 4.98 Å². The summed E-state index contributed by atoms with van der Waals surface area (Å²) in [5.41, 5.74) is 1.18. The molecule has 3 heterocycles. The van der Waals surface area contributed by atoms with Crippen LogP contribution in [0.1, 0.15) is 24.5 Å². The average molecular weight is 309 g/mol. The van der Waals surface area contributed by atoms with Gasteiger partial charge in [0.15, 0.2) is 11.0 Å². The van der Waals surface area contributed by atoms with Crippen LogP contribution in [-0.2, 0) is 4.74 Å². The van der Waals surface area contributed by atoms with Gasteiger partial charge in [-0.15, -0.1) is 0 Å². The lowest BCUT2D eigenvalue weighted by atomic mass is 10.2. The molecule has 2 N–H and O–H groups in total. The van der Waals surface area contributed by atoms with Crippen LogP contribution in [-0.4, -0.2) is 46.5 Å². The number of nitrogens with one attached hydrogen (secondary N) is 2. The topological polar surface area (TPSA) is 69.8 Å². The van der Waals surface area contributed by atoms with Crippen molar-refractivity contribution in [1.29, 1.82) is 0 Å². The maximum atomic E-state index is 5.40. The third-order valence-electron chi connectivity index (χ3n) is 3.60. The van der Waals surface area contributed by atoms with Crippen molar-refractivity contribution in [1.82, 2.24) is 20.2 Å². The molecule has 1 saturated carbocycles. The number of H-pyrrole nitrogens is 2. The van der Waals surface area contributed by atoms with Crippen molar-refractivity contribution in [3.63, 3.8) is 0 Å². The highest BCUT2D eigenvalue weighted by molar-refractivity contribution is 7.71. The van der Waals surface area contributed by atoms with Crippen molar-refractivity contribution in [3.05, 3.63) is 10.5 Å². The molecule has 0 amide bonds. The lowest BCUT2D eigenvalue weighted by Crippen LogP contribution is -2.36. The third-order valence-corrected chi connectivity index (χ3v) is 4.94. The van der Waals surface area contributed by atoms with Crippen LogP contribution in [0.2, 0.25) is 0 Å². The Kier molecular flexibility index (Phi) is 3.08. The van der Waals surface area contributed by atoms with Crippen molar-refractivity contribution in [3.8, 4) is 10.7 Å². The van der Waals surface area contributed by atoms with Gasteiger partial charge in [0.05, 0.1) is 23.8 Å². The van der Waals surface area contributed by atoms with Gasteiger partial charge in [0.2, 0.25) is 4.77 Å². The van der Waals surface area contributed by atoms with Gasteiger partial charge in [-0.3, -0.25) is 10.2 Å². The van der Waals surface area contributed by atoms with Crippen molar-refractivity contribution in [2.45, 2.75) is 18.8 Å². The summed E-state index contributed by atoms with van der Waals surface area (Å²) in [7, 11) is 0. The Labute approximate surface area is 125 Å². The highest BCUT2D eigenvalue weighted by Crippen LogP contribution is 2.47. The van der Waals surface area contributed by atoms with E-state index >= 15 is 0 Å². The number of aromatic amines is 2. The van der Waals surface area contributed by atoms with Gasteiger partial charge in [0.25, 0.3) is 0 Å². The fourth-order valence-electron chi connectivity index (χ4n) is 2.39.